The standard InChI is InChI=1S/C24H34N4O.HI/c1-4-18(5-2)23(29)28-15-13-21(14-16-28)27-24(25-3)26-17-20-11-8-10-19-9-6-7-12-22(19)20;/h6-12,18,21H,4-5,13-17H2,1-3H3,(H2,25,26,27);1H. The van der Waals surface area contributed by atoms with Crippen LogP contribution in [0.25, 0.3) is 10.8 Å². The first-order valence-electron chi connectivity index (χ1n) is 10.9. The van der Waals surface area contributed by atoms with Gasteiger partial charge in [-0.1, -0.05) is 56.3 Å². The van der Waals surface area contributed by atoms with Gasteiger partial charge in [0.1, 0.15) is 0 Å². The van der Waals surface area contributed by atoms with Crippen molar-refractivity contribution in [2.24, 2.45) is 10.9 Å². The van der Waals surface area contributed by atoms with Crippen molar-refractivity contribution in [2.45, 2.75) is 52.1 Å². The minimum atomic E-state index is 0. The van der Waals surface area contributed by atoms with Crippen LogP contribution >= 0.6 is 24.0 Å². The molecule has 30 heavy (non-hydrogen) atoms. The highest BCUT2D eigenvalue weighted by Crippen LogP contribution is 2.19. The van der Waals surface area contributed by atoms with Crippen LogP contribution in [0.2, 0.25) is 0 Å². The second kappa shape index (κ2) is 12.1. The van der Waals surface area contributed by atoms with E-state index in [0.29, 0.717) is 11.9 Å². The Bertz CT molecular complexity index is 837. The quantitative estimate of drug-likeness (QED) is 0.333. The van der Waals surface area contributed by atoms with Gasteiger partial charge >= 0.3 is 0 Å². The van der Waals surface area contributed by atoms with E-state index < -0.39 is 0 Å². The number of benzene rings is 2. The van der Waals surface area contributed by atoms with Gasteiger partial charge in [0.25, 0.3) is 0 Å². The number of hydrogen-bond acceptors (Lipinski definition) is 2. The van der Waals surface area contributed by atoms with Gasteiger partial charge in [-0.3, -0.25) is 9.79 Å². The lowest BCUT2D eigenvalue weighted by Gasteiger charge is -2.34. The van der Waals surface area contributed by atoms with Crippen LogP contribution in [-0.2, 0) is 11.3 Å². The molecule has 0 bridgehead atoms. The second-order valence-corrected chi connectivity index (χ2v) is 7.82. The van der Waals surface area contributed by atoms with Crippen molar-refractivity contribution in [1.82, 2.24) is 15.5 Å². The average Bonchev–Trinajstić information content (AvgIpc) is 2.77. The number of fused-ring (bicyclic) bond motifs is 1. The number of rotatable bonds is 6. The van der Waals surface area contributed by atoms with E-state index in [9.17, 15) is 4.79 Å². The maximum atomic E-state index is 12.6. The Balaban J connectivity index is 0.00000320. The van der Waals surface area contributed by atoms with E-state index in [4.69, 9.17) is 0 Å². The van der Waals surface area contributed by atoms with Crippen molar-refractivity contribution in [2.75, 3.05) is 20.1 Å². The van der Waals surface area contributed by atoms with Crippen molar-refractivity contribution >= 4 is 46.6 Å². The van der Waals surface area contributed by atoms with Crippen LogP contribution in [-0.4, -0.2) is 42.9 Å². The Morgan fingerprint density at radius 3 is 2.43 bits per heavy atom. The molecule has 2 aromatic rings. The Morgan fingerprint density at radius 2 is 1.77 bits per heavy atom. The Labute approximate surface area is 197 Å². The lowest BCUT2D eigenvalue weighted by atomic mass is 9.98. The molecule has 0 radical (unpaired) electrons. The SMILES string of the molecule is CCC(CC)C(=O)N1CCC(NC(=NC)NCc2cccc3ccccc23)CC1.I. The second-order valence-electron chi connectivity index (χ2n) is 7.82. The molecule has 1 aliphatic rings. The van der Waals surface area contributed by atoms with Crippen LogP contribution in [0.5, 0.6) is 0 Å². The van der Waals surface area contributed by atoms with Crippen LogP contribution in [0.1, 0.15) is 45.1 Å². The monoisotopic (exact) mass is 522 g/mol. The molecule has 0 spiro atoms. The van der Waals surface area contributed by atoms with E-state index >= 15 is 0 Å². The molecule has 0 aromatic heterocycles. The molecule has 2 aromatic carbocycles. The van der Waals surface area contributed by atoms with Gasteiger partial charge in [0.2, 0.25) is 5.91 Å². The first-order chi connectivity index (χ1) is 14.2. The number of nitrogens with zero attached hydrogens (tertiary/aromatic N) is 2. The molecule has 0 aliphatic carbocycles. The molecule has 2 N–H and O–H groups in total. The van der Waals surface area contributed by atoms with E-state index in [2.05, 4.69) is 71.9 Å². The molecular weight excluding hydrogens is 487 g/mol. The third-order valence-electron chi connectivity index (χ3n) is 6.03. The smallest absolute Gasteiger partial charge is 0.225 e. The summed E-state index contributed by atoms with van der Waals surface area (Å²) in [5, 5.41) is 9.52. The number of guanidine groups is 1. The van der Waals surface area contributed by atoms with Crippen LogP contribution in [0.3, 0.4) is 0 Å². The first kappa shape index (κ1) is 24.4. The van der Waals surface area contributed by atoms with Gasteiger partial charge < -0.3 is 15.5 Å². The first-order valence-corrected chi connectivity index (χ1v) is 10.9. The van der Waals surface area contributed by atoms with Gasteiger partial charge in [0.15, 0.2) is 5.96 Å². The molecule has 0 saturated carbocycles. The van der Waals surface area contributed by atoms with Crippen molar-refractivity contribution in [3.05, 3.63) is 48.0 Å². The number of aliphatic imine (C=N–C) groups is 1. The summed E-state index contributed by atoms with van der Waals surface area (Å²) in [6, 6.07) is 15.2. The highest BCUT2D eigenvalue weighted by atomic mass is 127. The summed E-state index contributed by atoms with van der Waals surface area (Å²) >= 11 is 0. The Hall–Kier alpha value is -1.83. The van der Waals surface area contributed by atoms with Gasteiger partial charge in [-0.25, -0.2) is 0 Å². The Kier molecular flexibility index (Phi) is 9.88. The molecule has 1 saturated heterocycles. The number of hydrogen-bond donors (Lipinski definition) is 2. The summed E-state index contributed by atoms with van der Waals surface area (Å²) in [7, 11) is 1.81. The fourth-order valence-corrected chi connectivity index (χ4v) is 4.15. The van der Waals surface area contributed by atoms with Gasteiger partial charge in [0, 0.05) is 38.6 Å². The van der Waals surface area contributed by atoms with Crippen LogP contribution in [0.4, 0.5) is 0 Å². The highest BCUT2D eigenvalue weighted by Gasteiger charge is 2.26. The molecule has 0 atom stereocenters. The molecule has 3 rings (SSSR count). The Morgan fingerprint density at radius 1 is 1.10 bits per heavy atom. The fourth-order valence-electron chi connectivity index (χ4n) is 4.15. The van der Waals surface area contributed by atoms with Crippen molar-refractivity contribution in [3.8, 4) is 0 Å². The zero-order chi connectivity index (χ0) is 20.6. The van der Waals surface area contributed by atoms with Crippen LogP contribution < -0.4 is 10.6 Å². The molecule has 1 fully saturated rings. The van der Waals surface area contributed by atoms with Gasteiger partial charge in [0.05, 0.1) is 0 Å². The number of carbonyl (C=O) groups is 1. The zero-order valence-electron chi connectivity index (χ0n) is 18.4. The van der Waals surface area contributed by atoms with Gasteiger partial charge in [-0.15, -0.1) is 24.0 Å². The third-order valence-corrected chi connectivity index (χ3v) is 6.03. The van der Waals surface area contributed by atoms with E-state index in [1.54, 1.807) is 0 Å². The van der Waals surface area contributed by atoms with E-state index in [-0.39, 0.29) is 29.9 Å². The number of likely N-dealkylation sites (tertiary alicyclic amines) is 1. The molecule has 0 unspecified atom stereocenters. The zero-order valence-corrected chi connectivity index (χ0v) is 20.7. The maximum absolute atomic E-state index is 12.6. The van der Waals surface area contributed by atoms with Crippen molar-refractivity contribution < 1.29 is 4.79 Å². The molecule has 1 heterocycles. The van der Waals surface area contributed by atoms with Crippen molar-refractivity contribution in [3.63, 3.8) is 0 Å². The number of amides is 1. The minimum Gasteiger partial charge on any atom is -0.354 e. The van der Waals surface area contributed by atoms with Crippen molar-refractivity contribution in [1.29, 1.82) is 0 Å². The summed E-state index contributed by atoms with van der Waals surface area (Å²) in [5.41, 5.74) is 1.26. The number of halogens is 1. The number of carbonyl (C=O) groups excluding carboxylic acids is 1. The summed E-state index contributed by atoms with van der Waals surface area (Å²) in [4.78, 5) is 19.0. The molecule has 1 aliphatic heterocycles. The summed E-state index contributed by atoms with van der Waals surface area (Å²) in [5.74, 6) is 1.32. The largest absolute Gasteiger partial charge is 0.354 e. The third kappa shape index (κ3) is 6.09. The van der Waals surface area contributed by atoms with Crippen LogP contribution in [0, 0.1) is 5.92 Å². The average molecular weight is 522 g/mol. The number of nitrogens with one attached hydrogen (secondary N) is 2. The topological polar surface area (TPSA) is 56.7 Å². The van der Waals surface area contributed by atoms with E-state index in [0.717, 1.165) is 51.3 Å². The summed E-state index contributed by atoms with van der Waals surface area (Å²) < 4.78 is 0. The predicted octanol–water partition coefficient (Wildman–Crippen LogP) is 4.55. The molecule has 6 heteroatoms. The predicted molar refractivity (Wildman–Crippen MR) is 136 cm³/mol. The lowest BCUT2D eigenvalue weighted by Crippen LogP contribution is -2.50. The highest BCUT2D eigenvalue weighted by molar-refractivity contribution is 14.0. The minimum absolute atomic E-state index is 0. The van der Waals surface area contributed by atoms with E-state index in [1.165, 1.54) is 16.3 Å². The van der Waals surface area contributed by atoms with E-state index in [1.807, 2.05) is 11.9 Å². The molecule has 5 nitrogen and oxygen atoms in total. The normalized spacial score (nSPS) is 15.2. The molecular formula is C24H35IN4O. The van der Waals surface area contributed by atoms with Gasteiger partial charge in [-0.2, -0.15) is 0 Å². The molecule has 1 amide bonds. The summed E-state index contributed by atoms with van der Waals surface area (Å²) in [6.07, 6.45) is 3.78. The lowest BCUT2D eigenvalue weighted by molar-refractivity contribution is -0.136. The number of piperidine rings is 1. The summed E-state index contributed by atoms with van der Waals surface area (Å²) in [6.45, 7) is 6.59. The maximum Gasteiger partial charge on any atom is 0.225 e. The van der Waals surface area contributed by atoms with Gasteiger partial charge in [-0.05, 0) is 42.0 Å². The van der Waals surface area contributed by atoms with Crippen LogP contribution in [0.15, 0.2) is 47.5 Å². The molecule has 164 valence electrons. The fraction of sp³-hybridized carbons (Fsp3) is 0.500.